The zero-order valence-electron chi connectivity index (χ0n) is 11.8. The first kappa shape index (κ1) is 13.6. The monoisotopic (exact) mass is 285 g/mol. The van der Waals surface area contributed by atoms with Crippen molar-refractivity contribution in [2.24, 2.45) is 0 Å². The molecule has 0 unspecified atom stereocenters. The molecule has 1 heterocycles. The third-order valence-corrected chi connectivity index (χ3v) is 3.66. The van der Waals surface area contributed by atoms with Crippen molar-refractivity contribution in [3.05, 3.63) is 59.4 Å². The largest absolute Gasteiger partial charge is 0.493 e. The summed E-state index contributed by atoms with van der Waals surface area (Å²) in [6, 6.07) is 11.7. The Labute approximate surface area is 123 Å². The molecule has 21 heavy (non-hydrogen) atoms. The lowest BCUT2D eigenvalue weighted by Gasteiger charge is -2.18. The fourth-order valence-corrected chi connectivity index (χ4v) is 2.45. The van der Waals surface area contributed by atoms with Gasteiger partial charge < -0.3 is 9.64 Å². The Morgan fingerprint density at radius 1 is 1.24 bits per heavy atom. The first-order chi connectivity index (χ1) is 10.1. The first-order valence-electron chi connectivity index (χ1n) is 6.89. The number of halogens is 1. The van der Waals surface area contributed by atoms with Gasteiger partial charge in [0.2, 0.25) is 0 Å². The average Bonchev–Trinajstić information content (AvgIpc) is 2.95. The minimum Gasteiger partial charge on any atom is -0.493 e. The van der Waals surface area contributed by atoms with Crippen molar-refractivity contribution in [1.29, 1.82) is 0 Å². The summed E-state index contributed by atoms with van der Waals surface area (Å²) in [5, 5.41) is 0. The summed E-state index contributed by atoms with van der Waals surface area (Å²) >= 11 is 0. The molecule has 3 nitrogen and oxygen atoms in total. The predicted octanol–water partition coefficient (Wildman–Crippen LogP) is 3.08. The number of fused-ring (bicyclic) bond motifs is 1. The van der Waals surface area contributed by atoms with Crippen LogP contribution in [0.5, 0.6) is 5.75 Å². The number of hydrogen-bond acceptors (Lipinski definition) is 3. The van der Waals surface area contributed by atoms with E-state index in [-0.39, 0.29) is 18.1 Å². The molecule has 108 valence electrons. The Kier molecular flexibility index (Phi) is 3.60. The first-order valence-corrected chi connectivity index (χ1v) is 6.89. The van der Waals surface area contributed by atoms with E-state index in [1.165, 1.54) is 12.1 Å². The molecule has 0 aromatic heterocycles. The zero-order valence-corrected chi connectivity index (χ0v) is 11.8. The maximum Gasteiger partial charge on any atom is 0.182 e. The second-order valence-corrected chi connectivity index (χ2v) is 5.18. The summed E-state index contributed by atoms with van der Waals surface area (Å²) in [4.78, 5) is 14.1. The van der Waals surface area contributed by atoms with Crippen LogP contribution in [0.4, 0.5) is 10.1 Å². The van der Waals surface area contributed by atoms with Gasteiger partial charge in [0.05, 0.1) is 13.2 Å². The summed E-state index contributed by atoms with van der Waals surface area (Å²) in [5.74, 6) is 0.632. The van der Waals surface area contributed by atoms with Gasteiger partial charge in [-0.1, -0.05) is 0 Å². The Morgan fingerprint density at radius 3 is 2.76 bits per heavy atom. The van der Waals surface area contributed by atoms with Gasteiger partial charge in [0.1, 0.15) is 11.6 Å². The lowest BCUT2D eigenvalue weighted by Crippen LogP contribution is -2.25. The number of ether oxygens (including phenoxy) is 1. The standard InChI is InChI=1S/C17H16FNO2/c1-19(15-5-3-14(18)4-6-15)11-16(20)12-2-7-17-13(10-12)8-9-21-17/h2-7,10H,8-9,11H2,1H3. The van der Waals surface area contributed by atoms with Gasteiger partial charge in [-0.15, -0.1) is 0 Å². The van der Waals surface area contributed by atoms with Gasteiger partial charge >= 0.3 is 0 Å². The lowest BCUT2D eigenvalue weighted by atomic mass is 10.1. The van der Waals surface area contributed by atoms with E-state index in [0.717, 1.165) is 23.4 Å². The van der Waals surface area contributed by atoms with Crippen molar-refractivity contribution < 1.29 is 13.9 Å². The molecule has 0 fully saturated rings. The molecule has 2 aromatic rings. The molecule has 4 heteroatoms. The van der Waals surface area contributed by atoms with Crippen molar-refractivity contribution in [2.45, 2.75) is 6.42 Å². The molecular formula is C17H16FNO2. The summed E-state index contributed by atoms with van der Waals surface area (Å²) in [6.45, 7) is 0.938. The van der Waals surface area contributed by atoms with Crippen LogP contribution in [0.3, 0.4) is 0 Å². The molecule has 0 bridgehead atoms. The van der Waals surface area contributed by atoms with E-state index in [1.54, 1.807) is 18.2 Å². The summed E-state index contributed by atoms with van der Waals surface area (Å²) in [6.07, 6.45) is 0.851. The maximum atomic E-state index is 12.9. The van der Waals surface area contributed by atoms with E-state index in [9.17, 15) is 9.18 Å². The van der Waals surface area contributed by atoms with Crippen LogP contribution in [0.15, 0.2) is 42.5 Å². The normalized spacial score (nSPS) is 12.7. The average molecular weight is 285 g/mol. The van der Waals surface area contributed by atoms with Crippen LogP contribution in [-0.4, -0.2) is 26.0 Å². The fourth-order valence-electron chi connectivity index (χ4n) is 2.45. The molecular weight excluding hydrogens is 269 g/mol. The smallest absolute Gasteiger partial charge is 0.182 e. The highest BCUT2D eigenvalue weighted by atomic mass is 19.1. The van der Waals surface area contributed by atoms with Gasteiger partial charge in [-0.25, -0.2) is 4.39 Å². The number of rotatable bonds is 4. The minimum absolute atomic E-state index is 0.0384. The van der Waals surface area contributed by atoms with Crippen LogP contribution in [-0.2, 0) is 6.42 Å². The molecule has 1 aliphatic heterocycles. The Balaban J connectivity index is 1.72. The maximum absolute atomic E-state index is 12.9. The van der Waals surface area contributed by atoms with Crippen LogP contribution in [0.25, 0.3) is 0 Å². The molecule has 3 rings (SSSR count). The fraction of sp³-hybridized carbons (Fsp3) is 0.235. The number of Topliss-reactive ketones (excluding diaryl/α,β-unsaturated/α-hetero) is 1. The molecule has 0 aliphatic carbocycles. The molecule has 0 atom stereocenters. The number of carbonyl (C=O) groups is 1. The van der Waals surface area contributed by atoms with Crippen LogP contribution < -0.4 is 9.64 Å². The minimum atomic E-state index is -0.280. The van der Waals surface area contributed by atoms with Crippen LogP contribution in [0.1, 0.15) is 15.9 Å². The highest BCUT2D eigenvalue weighted by Crippen LogP contribution is 2.26. The van der Waals surface area contributed by atoms with Crippen molar-refractivity contribution in [2.75, 3.05) is 25.1 Å². The van der Waals surface area contributed by atoms with E-state index in [2.05, 4.69) is 0 Å². The molecule has 0 amide bonds. The van der Waals surface area contributed by atoms with Gasteiger partial charge in [-0.05, 0) is 48.0 Å². The van der Waals surface area contributed by atoms with Gasteiger partial charge in [-0.3, -0.25) is 4.79 Å². The topological polar surface area (TPSA) is 29.5 Å². The van der Waals surface area contributed by atoms with Crippen LogP contribution in [0, 0.1) is 5.82 Å². The van der Waals surface area contributed by atoms with Gasteiger partial charge in [-0.2, -0.15) is 0 Å². The molecule has 0 saturated heterocycles. The number of carbonyl (C=O) groups excluding carboxylic acids is 1. The third kappa shape index (κ3) is 2.89. The number of benzene rings is 2. The second-order valence-electron chi connectivity index (χ2n) is 5.18. The number of anilines is 1. The molecule has 0 saturated carbocycles. The Bertz CT molecular complexity index is 667. The van der Waals surface area contributed by atoms with Crippen LogP contribution in [0.2, 0.25) is 0 Å². The van der Waals surface area contributed by atoms with E-state index in [4.69, 9.17) is 4.74 Å². The van der Waals surface area contributed by atoms with Crippen molar-refractivity contribution >= 4 is 11.5 Å². The Morgan fingerprint density at radius 2 is 2.00 bits per heavy atom. The molecule has 1 aliphatic rings. The van der Waals surface area contributed by atoms with Crippen molar-refractivity contribution in [3.8, 4) is 5.75 Å². The molecule has 0 N–H and O–H groups in total. The quantitative estimate of drug-likeness (QED) is 0.809. The van der Waals surface area contributed by atoms with Gasteiger partial charge in [0.15, 0.2) is 5.78 Å². The molecule has 0 radical (unpaired) electrons. The van der Waals surface area contributed by atoms with Crippen LogP contribution >= 0.6 is 0 Å². The Hall–Kier alpha value is -2.36. The highest BCUT2D eigenvalue weighted by molar-refractivity contribution is 5.99. The number of likely N-dealkylation sites (N-methyl/N-ethyl adjacent to an activating group) is 1. The highest BCUT2D eigenvalue weighted by Gasteiger charge is 2.16. The van der Waals surface area contributed by atoms with E-state index in [0.29, 0.717) is 12.2 Å². The van der Waals surface area contributed by atoms with Crippen molar-refractivity contribution in [3.63, 3.8) is 0 Å². The molecule has 2 aromatic carbocycles. The molecule has 0 spiro atoms. The third-order valence-electron chi connectivity index (χ3n) is 3.66. The number of hydrogen-bond donors (Lipinski definition) is 0. The van der Waals surface area contributed by atoms with E-state index < -0.39 is 0 Å². The predicted molar refractivity (Wildman–Crippen MR) is 79.6 cm³/mol. The number of nitrogens with zero attached hydrogens (tertiary/aromatic N) is 1. The summed E-state index contributed by atoms with van der Waals surface area (Å²) < 4.78 is 18.3. The zero-order chi connectivity index (χ0) is 14.8. The lowest BCUT2D eigenvalue weighted by molar-refractivity contribution is 0.100. The second kappa shape index (κ2) is 5.56. The van der Waals surface area contributed by atoms with E-state index >= 15 is 0 Å². The SMILES string of the molecule is CN(CC(=O)c1ccc2c(c1)CCO2)c1ccc(F)cc1. The van der Waals surface area contributed by atoms with Gasteiger partial charge in [0, 0.05) is 24.7 Å². The number of ketones is 1. The summed E-state index contributed by atoms with van der Waals surface area (Å²) in [7, 11) is 1.82. The van der Waals surface area contributed by atoms with E-state index in [1.807, 2.05) is 24.1 Å². The van der Waals surface area contributed by atoms with Gasteiger partial charge in [0.25, 0.3) is 0 Å². The summed E-state index contributed by atoms with van der Waals surface area (Å²) in [5.41, 5.74) is 2.59. The van der Waals surface area contributed by atoms with Crippen molar-refractivity contribution in [1.82, 2.24) is 0 Å².